The SMILES string of the molecule is Nc1cnc(N)c(C(=[NH2+])C(=O)O)c1. The summed E-state index contributed by atoms with van der Waals surface area (Å²) in [6, 6.07) is 1.37. The Balaban J connectivity index is 3.21. The monoisotopic (exact) mass is 181 g/mol. The zero-order chi connectivity index (χ0) is 10.0. The molecule has 0 fully saturated rings. The van der Waals surface area contributed by atoms with E-state index in [0.717, 1.165) is 0 Å². The average molecular weight is 181 g/mol. The summed E-state index contributed by atoms with van der Waals surface area (Å²) >= 11 is 0. The number of aliphatic carboxylic acids is 1. The van der Waals surface area contributed by atoms with Gasteiger partial charge in [0.1, 0.15) is 5.82 Å². The van der Waals surface area contributed by atoms with E-state index in [1.54, 1.807) is 0 Å². The van der Waals surface area contributed by atoms with Crippen molar-refractivity contribution in [2.45, 2.75) is 0 Å². The van der Waals surface area contributed by atoms with Gasteiger partial charge in [-0.1, -0.05) is 0 Å². The highest BCUT2D eigenvalue weighted by atomic mass is 16.4. The first-order valence-electron chi connectivity index (χ1n) is 3.39. The van der Waals surface area contributed by atoms with E-state index in [4.69, 9.17) is 22.0 Å². The first kappa shape index (κ1) is 8.98. The predicted molar refractivity (Wildman–Crippen MR) is 46.7 cm³/mol. The molecule has 0 bridgehead atoms. The van der Waals surface area contributed by atoms with Crippen LogP contribution in [0.1, 0.15) is 5.56 Å². The van der Waals surface area contributed by atoms with E-state index in [9.17, 15) is 4.79 Å². The van der Waals surface area contributed by atoms with Crippen LogP contribution in [0.5, 0.6) is 0 Å². The van der Waals surface area contributed by atoms with Crippen molar-refractivity contribution < 1.29 is 15.3 Å². The highest BCUT2D eigenvalue weighted by molar-refractivity contribution is 6.40. The molecule has 0 aliphatic carbocycles. The van der Waals surface area contributed by atoms with Gasteiger partial charge in [-0.05, 0) is 6.07 Å². The second kappa shape index (κ2) is 3.10. The topological polar surface area (TPSA) is 128 Å². The normalized spacial score (nSPS) is 9.54. The van der Waals surface area contributed by atoms with Crippen LogP contribution in [-0.2, 0) is 4.79 Å². The van der Waals surface area contributed by atoms with Crippen LogP contribution < -0.4 is 16.9 Å². The van der Waals surface area contributed by atoms with Crippen molar-refractivity contribution in [3.8, 4) is 0 Å². The fraction of sp³-hybridized carbons (Fsp3) is 0. The second-order valence-corrected chi connectivity index (χ2v) is 2.42. The summed E-state index contributed by atoms with van der Waals surface area (Å²) in [7, 11) is 0. The Hall–Kier alpha value is -2.11. The molecule has 0 saturated carbocycles. The van der Waals surface area contributed by atoms with E-state index < -0.39 is 5.97 Å². The van der Waals surface area contributed by atoms with Gasteiger partial charge in [0.25, 0.3) is 5.71 Å². The van der Waals surface area contributed by atoms with Crippen molar-refractivity contribution in [1.29, 1.82) is 0 Å². The van der Waals surface area contributed by atoms with Crippen molar-refractivity contribution in [2.24, 2.45) is 0 Å². The molecule has 0 aliphatic rings. The molecule has 0 amide bonds. The zero-order valence-corrected chi connectivity index (χ0v) is 6.69. The smallest absolute Gasteiger partial charge is 0.401 e. The quantitative estimate of drug-likeness (QED) is 0.388. The summed E-state index contributed by atoms with van der Waals surface area (Å²) in [5.74, 6) is -1.20. The maximum atomic E-state index is 10.5. The molecule has 0 aliphatic heterocycles. The molecule has 1 aromatic rings. The maximum Gasteiger partial charge on any atom is 0.401 e. The van der Waals surface area contributed by atoms with Gasteiger partial charge in [-0.2, -0.15) is 0 Å². The lowest BCUT2D eigenvalue weighted by atomic mass is 10.1. The van der Waals surface area contributed by atoms with E-state index in [1.807, 2.05) is 0 Å². The lowest BCUT2D eigenvalue weighted by Crippen LogP contribution is -2.45. The summed E-state index contributed by atoms with van der Waals surface area (Å²) in [5.41, 5.74) is 10.9. The number of pyridine rings is 1. The molecule has 7 N–H and O–H groups in total. The van der Waals surface area contributed by atoms with Gasteiger partial charge in [-0.15, -0.1) is 0 Å². The minimum absolute atomic E-state index is 0.0501. The van der Waals surface area contributed by atoms with E-state index in [0.29, 0.717) is 5.69 Å². The number of hydrogen-bond acceptors (Lipinski definition) is 4. The average Bonchev–Trinajstić information content (AvgIpc) is 2.08. The van der Waals surface area contributed by atoms with Gasteiger partial charge in [0.15, 0.2) is 0 Å². The van der Waals surface area contributed by atoms with Crippen LogP contribution in [0, 0.1) is 0 Å². The first-order chi connectivity index (χ1) is 6.02. The van der Waals surface area contributed by atoms with Crippen molar-refractivity contribution in [3.63, 3.8) is 0 Å². The predicted octanol–water partition coefficient (Wildman–Crippen LogP) is -2.12. The molecule has 0 atom stereocenters. The highest BCUT2D eigenvalue weighted by Crippen LogP contribution is 2.11. The van der Waals surface area contributed by atoms with Crippen LogP contribution >= 0.6 is 0 Å². The number of carboxylic acid groups (broad SMARTS) is 1. The van der Waals surface area contributed by atoms with Gasteiger partial charge in [-0.3, -0.25) is 0 Å². The first-order valence-corrected chi connectivity index (χ1v) is 3.39. The second-order valence-electron chi connectivity index (χ2n) is 2.42. The van der Waals surface area contributed by atoms with E-state index in [-0.39, 0.29) is 17.1 Å². The molecule has 0 saturated heterocycles. The molecule has 0 radical (unpaired) electrons. The van der Waals surface area contributed by atoms with Crippen LogP contribution in [0.25, 0.3) is 0 Å². The zero-order valence-electron chi connectivity index (χ0n) is 6.69. The van der Waals surface area contributed by atoms with Crippen LogP contribution in [0.4, 0.5) is 11.5 Å². The standard InChI is InChI=1S/C7H8N4O2/c8-3-1-4(5(9)7(12)13)6(10)11-2-3/h1-2,9H,8H2,(H2,10,11)(H,12,13)/p+1. The third-order valence-electron chi connectivity index (χ3n) is 1.46. The van der Waals surface area contributed by atoms with Crippen LogP contribution in [-0.4, -0.2) is 21.8 Å². The number of carboxylic acids is 1. The molecule has 0 aromatic carbocycles. The molecule has 1 heterocycles. The number of carbonyl (C=O) groups is 1. The maximum absolute atomic E-state index is 10.5. The lowest BCUT2D eigenvalue weighted by molar-refractivity contribution is -0.147. The Labute approximate surface area is 73.7 Å². The van der Waals surface area contributed by atoms with Crippen LogP contribution in [0.2, 0.25) is 0 Å². The Morgan fingerprint density at radius 2 is 2.15 bits per heavy atom. The Morgan fingerprint density at radius 3 is 2.69 bits per heavy atom. The number of rotatable bonds is 2. The number of hydrogen-bond donors (Lipinski definition) is 4. The van der Waals surface area contributed by atoms with Crippen molar-refractivity contribution in [2.75, 3.05) is 11.5 Å². The molecule has 1 rings (SSSR count). The van der Waals surface area contributed by atoms with E-state index >= 15 is 0 Å². The number of anilines is 2. The minimum atomic E-state index is -1.25. The third-order valence-corrected chi connectivity index (χ3v) is 1.46. The summed E-state index contributed by atoms with van der Waals surface area (Å²) < 4.78 is 0. The van der Waals surface area contributed by atoms with Crippen LogP contribution in [0.15, 0.2) is 12.3 Å². The Kier molecular flexibility index (Phi) is 2.14. The van der Waals surface area contributed by atoms with E-state index in [1.165, 1.54) is 12.3 Å². The van der Waals surface area contributed by atoms with Gasteiger partial charge in [0.05, 0.1) is 17.4 Å². The molecule has 0 unspecified atom stereocenters. The van der Waals surface area contributed by atoms with Crippen molar-refractivity contribution in [1.82, 2.24) is 4.98 Å². The molecule has 6 heteroatoms. The largest absolute Gasteiger partial charge is 0.473 e. The van der Waals surface area contributed by atoms with Gasteiger partial charge in [0, 0.05) is 0 Å². The molecule has 0 spiro atoms. The third kappa shape index (κ3) is 1.73. The Morgan fingerprint density at radius 1 is 1.54 bits per heavy atom. The molecule has 68 valence electrons. The molecule has 13 heavy (non-hydrogen) atoms. The van der Waals surface area contributed by atoms with Crippen LogP contribution in [0.3, 0.4) is 0 Å². The Bertz CT molecular complexity index is 375. The fourth-order valence-electron chi connectivity index (χ4n) is 0.822. The summed E-state index contributed by atoms with van der Waals surface area (Å²) in [4.78, 5) is 14.1. The van der Waals surface area contributed by atoms with Gasteiger partial charge in [-0.25, -0.2) is 15.2 Å². The summed E-state index contributed by atoms with van der Waals surface area (Å²) in [6.07, 6.45) is 1.33. The summed E-state index contributed by atoms with van der Waals surface area (Å²) in [6.45, 7) is 0. The van der Waals surface area contributed by atoms with Crippen molar-refractivity contribution in [3.05, 3.63) is 17.8 Å². The van der Waals surface area contributed by atoms with E-state index in [2.05, 4.69) is 4.98 Å². The molecule has 1 aromatic heterocycles. The van der Waals surface area contributed by atoms with Gasteiger partial charge in [0.2, 0.25) is 0 Å². The minimum Gasteiger partial charge on any atom is -0.473 e. The highest BCUT2D eigenvalue weighted by Gasteiger charge is 2.19. The molecular formula is C7H9N4O2+. The number of nitrogen functional groups attached to an aromatic ring is 2. The summed E-state index contributed by atoms with van der Waals surface area (Å²) in [5, 5.41) is 13.8. The number of nitrogens with two attached hydrogens (primary N) is 3. The van der Waals surface area contributed by atoms with Crippen molar-refractivity contribution >= 4 is 23.2 Å². The molecule has 6 nitrogen and oxygen atoms in total. The number of nitrogens with zero attached hydrogens (tertiary/aromatic N) is 1. The van der Waals surface area contributed by atoms with Gasteiger partial charge >= 0.3 is 5.97 Å². The number of aromatic nitrogens is 1. The lowest BCUT2D eigenvalue weighted by Gasteiger charge is -1.99. The molecular weight excluding hydrogens is 172 g/mol. The van der Waals surface area contributed by atoms with Gasteiger partial charge < -0.3 is 16.6 Å². The fourth-order valence-corrected chi connectivity index (χ4v) is 0.822.